The molecule has 0 unspecified atom stereocenters. The molecule has 1 N–H and O–H groups in total. The number of methoxy groups -OCH3 is 1. The first-order chi connectivity index (χ1) is 7.98. The molecule has 8 heteroatoms. The van der Waals surface area contributed by atoms with Crippen LogP contribution in [0, 0.1) is 0 Å². The third kappa shape index (κ3) is 4.39. The molecule has 1 aromatic rings. The number of nitrogens with one attached hydrogen (secondary N) is 1. The Labute approximate surface area is 108 Å². The van der Waals surface area contributed by atoms with Crippen molar-refractivity contribution in [2.45, 2.75) is 6.42 Å². The van der Waals surface area contributed by atoms with Gasteiger partial charge in [0.1, 0.15) is 0 Å². The lowest BCUT2D eigenvalue weighted by Gasteiger charge is -2.03. The number of hydrogen-bond acceptors (Lipinski definition) is 5. The minimum absolute atomic E-state index is 0.0000255. The molecule has 17 heavy (non-hydrogen) atoms. The van der Waals surface area contributed by atoms with Gasteiger partial charge in [0.25, 0.3) is 0 Å². The van der Waals surface area contributed by atoms with E-state index in [1.807, 2.05) is 0 Å². The first-order valence-electron chi connectivity index (χ1n) is 4.73. The van der Waals surface area contributed by atoms with Crippen LogP contribution in [-0.4, -0.2) is 32.6 Å². The smallest absolute Gasteiger partial charge is 0.374 e. The summed E-state index contributed by atoms with van der Waals surface area (Å²) >= 11 is 3.14. The monoisotopic (exact) mass is 325 g/mol. The third-order valence-electron chi connectivity index (χ3n) is 1.80. The lowest BCUT2D eigenvalue weighted by atomic mass is 10.5. The third-order valence-corrected chi connectivity index (χ3v) is 3.69. The van der Waals surface area contributed by atoms with Gasteiger partial charge in [-0.2, -0.15) is 0 Å². The molecule has 0 aliphatic carbocycles. The van der Waals surface area contributed by atoms with Gasteiger partial charge in [-0.25, -0.2) is 13.2 Å². The number of rotatable bonds is 6. The Kier molecular flexibility index (Phi) is 5.01. The van der Waals surface area contributed by atoms with E-state index in [0.29, 0.717) is 11.8 Å². The van der Waals surface area contributed by atoms with E-state index in [9.17, 15) is 13.2 Å². The second kappa shape index (κ2) is 6.06. The van der Waals surface area contributed by atoms with Gasteiger partial charge in [-0.05, 0) is 12.5 Å². The number of sulfonamides is 1. The van der Waals surface area contributed by atoms with E-state index in [1.54, 1.807) is 0 Å². The van der Waals surface area contributed by atoms with Crippen LogP contribution in [0.15, 0.2) is 16.5 Å². The summed E-state index contributed by atoms with van der Waals surface area (Å²) in [6.45, 7) is 0. The van der Waals surface area contributed by atoms with Crippen LogP contribution in [0.25, 0.3) is 0 Å². The van der Waals surface area contributed by atoms with Gasteiger partial charge in [0, 0.05) is 11.4 Å². The van der Waals surface area contributed by atoms with Crippen molar-refractivity contribution in [3.05, 3.63) is 17.9 Å². The molecule has 0 atom stereocenters. The van der Waals surface area contributed by atoms with Gasteiger partial charge in [-0.1, -0.05) is 15.9 Å². The van der Waals surface area contributed by atoms with Crippen molar-refractivity contribution in [2.75, 3.05) is 22.9 Å². The van der Waals surface area contributed by atoms with Crippen molar-refractivity contribution in [1.29, 1.82) is 0 Å². The quantitative estimate of drug-likeness (QED) is 0.634. The van der Waals surface area contributed by atoms with E-state index in [2.05, 4.69) is 25.4 Å². The van der Waals surface area contributed by atoms with E-state index >= 15 is 0 Å². The van der Waals surface area contributed by atoms with E-state index in [0.717, 1.165) is 0 Å². The number of halogens is 1. The van der Waals surface area contributed by atoms with Crippen molar-refractivity contribution in [2.24, 2.45) is 0 Å². The number of carbonyl (C=O) groups is 1. The highest BCUT2D eigenvalue weighted by Crippen LogP contribution is 2.15. The minimum Gasteiger partial charge on any atom is -0.463 e. The number of hydrogen-bond donors (Lipinski definition) is 1. The van der Waals surface area contributed by atoms with Gasteiger partial charge in [-0.15, -0.1) is 0 Å². The number of alkyl halides is 1. The molecule has 1 aromatic heterocycles. The predicted octanol–water partition coefficient (Wildman–Crippen LogP) is 1.59. The van der Waals surface area contributed by atoms with Gasteiger partial charge in [-0.3, -0.25) is 4.72 Å². The van der Waals surface area contributed by atoms with Crippen LogP contribution in [-0.2, 0) is 14.8 Å². The molecule has 0 amide bonds. The Bertz CT molecular complexity index is 481. The fraction of sp³-hybridized carbons (Fsp3) is 0.444. The fourth-order valence-electron chi connectivity index (χ4n) is 1.05. The highest BCUT2D eigenvalue weighted by molar-refractivity contribution is 9.09. The molecule has 0 saturated heterocycles. The number of furan rings is 1. The largest absolute Gasteiger partial charge is 0.463 e. The Morgan fingerprint density at radius 3 is 2.82 bits per heavy atom. The van der Waals surface area contributed by atoms with Crippen LogP contribution in [0.5, 0.6) is 0 Å². The molecule has 0 spiro atoms. The highest BCUT2D eigenvalue weighted by atomic mass is 79.9. The van der Waals surface area contributed by atoms with Gasteiger partial charge in [0.15, 0.2) is 0 Å². The fourth-order valence-corrected chi connectivity index (χ4v) is 2.75. The summed E-state index contributed by atoms with van der Waals surface area (Å²) in [5.74, 6) is -0.728. The van der Waals surface area contributed by atoms with Gasteiger partial charge in [0.05, 0.1) is 12.9 Å². The molecule has 0 fully saturated rings. The standard InChI is InChI=1S/C9H12BrNO5S/c1-15-9(12)7-3-4-8(16-7)11-17(13,14)6-2-5-10/h3-4,11H,2,5-6H2,1H3. The summed E-state index contributed by atoms with van der Waals surface area (Å²) in [5.41, 5.74) is 0. The number of esters is 1. The van der Waals surface area contributed by atoms with E-state index in [1.165, 1.54) is 19.2 Å². The number of ether oxygens (including phenoxy) is 1. The SMILES string of the molecule is COC(=O)c1ccc(NS(=O)(=O)CCCBr)o1. The summed E-state index contributed by atoms with van der Waals surface area (Å²) in [5, 5.41) is 0.597. The lowest BCUT2D eigenvalue weighted by Crippen LogP contribution is -2.16. The molecular weight excluding hydrogens is 314 g/mol. The van der Waals surface area contributed by atoms with Gasteiger partial charge in [0.2, 0.25) is 21.7 Å². The average Bonchev–Trinajstić information content (AvgIpc) is 2.73. The Morgan fingerprint density at radius 1 is 1.53 bits per heavy atom. The first kappa shape index (κ1) is 14.0. The second-order valence-corrected chi connectivity index (χ2v) is 5.75. The Morgan fingerprint density at radius 2 is 2.24 bits per heavy atom. The summed E-state index contributed by atoms with van der Waals surface area (Å²) in [6.07, 6.45) is 0.486. The maximum Gasteiger partial charge on any atom is 0.374 e. The van der Waals surface area contributed by atoms with E-state index < -0.39 is 16.0 Å². The molecule has 1 heterocycles. The average molecular weight is 326 g/mol. The van der Waals surface area contributed by atoms with Gasteiger partial charge >= 0.3 is 5.97 Å². The normalized spacial score (nSPS) is 11.2. The van der Waals surface area contributed by atoms with Crippen molar-refractivity contribution < 1.29 is 22.4 Å². The zero-order valence-corrected chi connectivity index (χ0v) is 11.5. The van der Waals surface area contributed by atoms with Crippen molar-refractivity contribution >= 4 is 37.8 Å². The van der Waals surface area contributed by atoms with Crippen LogP contribution in [0.3, 0.4) is 0 Å². The predicted molar refractivity (Wildman–Crippen MR) is 65.9 cm³/mol. The molecule has 0 aliphatic rings. The summed E-state index contributed by atoms with van der Waals surface area (Å²) < 4.78 is 34.6. The molecule has 96 valence electrons. The van der Waals surface area contributed by atoms with Crippen molar-refractivity contribution in [3.8, 4) is 0 Å². The first-order valence-corrected chi connectivity index (χ1v) is 7.50. The zero-order chi connectivity index (χ0) is 12.9. The van der Waals surface area contributed by atoms with Crippen molar-refractivity contribution in [1.82, 2.24) is 0 Å². The maximum atomic E-state index is 11.5. The van der Waals surface area contributed by atoms with Crippen LogP contribution < -0.4 is 4.72 Å². The van der Waals surface area contributed by atoms with E-state index in [4.69, 9.17) is 4.42 Å². The van der Waals surface area contributed by atoms with E-state index in [-0.39, 0.29) is 17.4 Å². The Balaban J connectivity index is 2.69. The van der Waals surface area contributed by atoms with Crippen LogP contribution in [0.2, 0.25) is 0 Å². The molecule has 0 aromatic carbocycles. The Hall–Kier alpha value is -1.02. The molecular formula is C9H12BrNO5S. The van der Waals surface area contributed by atoms with Crippen LogP contribution in [0.1, 0.15) is 17.0 Å². The molecule has 1 rings (SSSR count). The molecule has 0 bridgehead atoms. The molecule has 6 nitrogen and oxygen atoms in total. The highest BCUT2D eigenvalue weighted by Gasteiger charge is 2.15. The molecule has 0 aliphatic heterocycles. The summed E-state index contributed by atoms with van der Waals surface area (Å²) in [4.78, 5) is 11.1. The molecule has 0 radical (unpaired) electrons. The topological polar surface area (TPSA) is 85.6 Å². The zero-order valence-electron chi connectivity index (χ0n) is 9.10. The summed E-state index contributed by atoms with van der Waals surface area (Å²) in [7, 11) is -2.23. The second-order valence-electron chi connectivity index (χ2n) is 3.12. The van der Waals surface area contributed by atoms with Gasteiger partial charge < -0.3 is 9.15 Å². The lowest BCUT2D eigenvalue weighted by molar-refractivity contribution is 0.0566. The summed E-state index contributed by atoms with van der Waals surface area (Å²) in [6, 6.07) is 2.70. The van der Waals surface area contributed by atoms with Crippen LogP contribution in [0.4, 0.5) is 5.88 Å². The van der Waals surface area contributed by atoms with Crippen molar-refractivity contribution in [3.63, 3.8) is 0 Å². The van der Waals surface area contributed by atoms with Crippen LogP contribution >= 0.6 is 15.9 Å². The number of anilines is 1. The molecule has 0 saturated carbocycles. The minimum atomic E-state index is -3.44. The number of carbonyl (C=O) groups excluding carboxylic acids is 1. The maximum absolute atomic E-state index is 11.5.